The molecule has 2 atom stereocenters. The number of benzene rings is 1. The summed E-state index contributed by atoms with van der Waals surface area (Å²) in [5.74, 6) is -0.622. The number of carbonyl (C=O) groups is 2. The van der Waals surface area contributed by atoms with Crippen LogP contribution in [0.15, 0.2) is 24.3 Å². The quantitative estimate of drug-likeness (QED) is 0.747. The van der Waals surface area contributed by atoms with E-state index < -0.39 is 5.91 Å². The summed E-state index contributed by atoms with van der Waals surface area (Å²) in [4.78, 5) is 23.2. The molecule has 5 nitrogen and oxygen atoms in total. The Kier molecular flexibility index (Phi) is 4.16. The number of anilines is 1. The number of primary amides is 1. The van der Waals surface area contributed by atoms with Crippen molar-refractivity contribution in [1.29, 1.82) is 0 Å². The van der Waals surface area contributed by atoms with Crippen molar-refractivity contribution in [2.75, 3.05) is 5.32 Å². The lowest BCUT2D eigenvalue weighted by molar-refractivity contribution is -0.120. The van der Waals surface area contributed by atoms with E-state index in [1.807, 2.05) is 12.1 Å². The standard InChI is InChI=1S/C14H19N3O2/c15-11-6-3-5-10(11)14(19)17-12-7-2-1-4-9(12)8-13(16)18/h1-2,4,7,10-11H,3,5-6,8,15H2,(H2,16,18)(H,17,19). The van der Waals surface area contributed by atoms with Crippen molar-refractivity contribution in [3.8, 4) is 0 Å². The molecule has 1 aliphatic carbocycles. The van der Waals surface area contributed by atoms with Crippen molar-refractivity contribution in [3.63, 3.8) is 0 Å². The van der Waals surface area contributed by atoms with Crippen LogP contribution in [0.1, 0.15) is 24.8 Å². The Morgan fingerprint density at radius 1 is 1.26 bits per heavy atom. The van der Waals surface area contributed by atoms with Crippen molar-refractivity contribution >= 4 is 17.5 Å². The maximum Gasteiger partial charge on any atom is 0.229 e. The van der Waals surface area contributed by atoms with Crippen molar-refractivity contribution in [2.24, 2.45) is 17.4 Å². The summed E-state index contributed by atoms with van der Waals surface area (Å²) >= 11 is 0. The number of hydrogen-bond donors (Lipinski definition) is 3. The number of para-hydroxylation sites is 1. The van der Waals surface area contributed by atoms with Gasteiger partial charge in [-0.15, -0.1) is 0 Å². The molecule has 5 N–H and O–H groups in total. The van der Waals surface area contributed by atoms with Gasteiger partial charge in [0.25, 0.3) is 0 Å². The van der Waals surface area contributed by atoms with Gasteiger partial charge in [-0.1, -0.05) is 24.6 Å². The van der Waals surface area contributed by atoms with E-state index in [1.54, 1.807) is 12.1 Å². The molecule has 1 aromatic carbocycles. The lowest BCUT2D eigenvalue weighted by Crippen LogP contribution is -2.34. The molecule has 2 rings (SSSR count). The molecule has 2 unspecified atom stereocenters. The highest BCUT2D eigenvalue weighted by atomic mass is 16.2. The Bertz CT molecular complexity index is 487. The minimum absolute atomic E-state index is 0.0664. The highest BCUT2D eigenvalue weighted by Gasteiger charge is 2.30. The second-order valence-electron chi connectivity index (χ2n) is 4.99. The molecule has 0 heterocycles. The van der Waals surface area contributed by atoms with Crippen LogP contribution in [0.4, 0.5) is 5.69 Å². The van der Waals surface area contributed by atoms with Gasteiger partial charge in [-0.25, -0.2) is 0 Å². The summed E-state index contributed by atoms with van der Waals surface area (Å²) in [6.45, 7) is 0. The highest BCUT2D eigenvalue weighted by molar-refractivity contribution is 5.94. The summed E-state index contributed by atoms with van der Waals surface area (Å²) in [7, 11) is 0. The lowest BCUT2D eigenvalue weighted by Gasteiger charge is -2.16. The van der Waals surface area contributed by atoms with Crippen molar-refractivity contribution in [1.82, 2.24) is 0 Å². The Hall–Kier alpha value is -1.88. The predicted octanol–water partition coefficient (Wildman–Crippen LogP) is 0.780. The Morgan fingerprint density at radius 3 is 2.63 bits per heavy atom. The average Bonchev–Trinajstić information content (AvgIpc) is 2.77. The van der Waals surface area contributed by atoms with E-state index in [0.29, 0.717) is 5.69 Å². The molecule has 1 saturated carbocycles. The zero-order valence-electron chi connectivity index (χ0n) is 10.8. The maximum absolute atomic E-state index is 12.2. The SMILES string of the molecule is NC(=O)Cc1ccccc1NC(=O)C1CCCC1N. The van der Waals surface area contributed by atoms with E-state index in [4.69, 9.17) is 11.5 Å². The third kappa shape index (κ3) is 3.32. The predicted molar refractivity (Wildman–Crippen MR) is 73.3 cm³/mol. The minimum Gasteiger partial charge on any atom is -0.369 e. The summed E-state index contributed by atoms with van der Waals surface area (Å²) in [6, 6.07) is 7.12. The largest absolute Gasteiger partial charge is 0.369 e. The number of amides is 2. The highest BCUT2D eigenvalue weighted by Crippen LogP contribution is 2.26. The number of nitrogens with two attached hydrogens (primary N) is 2. The van der Waals surface area contributed by atoms with E-state index in [9.17, 15) is 9.59 Å². The first-order valence-corrected chi connectivity index (χ1v) is 6.50. The topological polar surface area (TPSA) is 98.2 Å². The zero-order chi connectivity index (χ0) is 13.8. The third-order valence-corrected chi connectivity index (χ3v) is 3.55. The normalized spacial score (nSPS) is 22.2. The van der Waals surface area contributed by atoms with Gasteiger partial charge < -0.3 is 16.8 Å². The van der Waals surface area contributed by atoms with E-state index in [0.717, 1.165) is 24.8 Å². The van der Waals surface area contributed by atoms with Gasteiger partial charge in [0, 0.05) is 11.7 Å². The van der Waals surface area contributed by atoms with Gasteiger partial charge in [0.1, 0.15) is 0 Å². The average molecular weight is 261 g/mol. The van der Waals surface area contributed by atoms with Crippen molar-refractivity contribution in [2.45, 2.75) is 31.7 Å². The van der Waals surface area contributed by atoms with E-state index in [2.05, 4.69) is 5.32 Å². The molecule has 19 heavy (non-hydrogen) atoms. The Morgan fingerprint density at radius 2 is 2.00 bits per heavy atom. The molecular weight excluding hydrogens is 242 g/mol. The monoisotopic (exact) mass is 261 g/mol. The fourth-order valence-corrected chi connectivity index (χ4v) is 2.52. The second kappa shape index (κ2) is 5.84. The first-order valence-electron chi connectivity index (χ1n) is 6.50. The molecule has 0 spiro atoms. The zero-order valence-corrected chi connectivity index (χ0v) is 10.8. The van der Waals surface area contributed by atoms with Crippen LogP contribution >= 0.6 is 0 Å². The fraction of sp³-hybridized carbons (Fsp3) is 0.429. The van der Waals surface area contributed by atoms with Crippen molar-refractivity contribution < 1.29 is 9.59 Å². The molecule has 102 valence electrons. The van der Waals surface area contributed by atoms with Crippen LogP contribution in [0.25, 0.3) is 0 Å². The number of carbonyl (C=O) groups excluding carboxylic acids is 2. The van der Waals surface area contributed by atoms with Gasteiger partial charge in [-0.3, -0.25) is 9.59 Å². The van der Waals surface area contributed by atoms with Gasteiger partial charge in [0.05, 0.1) is 12.3 Å². The molecule has 0 bridgehead atoms. The molecule has 0 aromatic heterocycles. The molecule has 1 aliphatic rings. The smallest absolute Gasteiger partial charge is 0.229 e. The van der Waals surface area contributed by atoms with Gasteiger partial charge in [-0.05, 0) is 24.5 Å². The van der Waals surface area contributed by atoms with Crippen LogP contribution in [0, 0.1) is 5.92 Å². The van der Waals surface area contributed by atoms with Crippen LogP contribution in [-0.4, -0.2) is 17.9 Å². The van der Waals surface area contributed by atoms with Gasteiger partial charge in [0.15, 0.2) is 0 Å². The molecule has 0 saturated heterocycles. The third-order valence-electron chi connectivity index (χ3n) is 3.55. The first kappa shape index (κ1) is 13.5. The van der Waals surface area contributed by atoms with Crippen molar-refractivity contribution in [3.05, 3.63) is 29.8 Å². The molecule has 1 aromatic rings. The second-order valence-corrected chi connectivity index (χ2v) is 4.99. The van der Waals surface area contributed by atoms with Crippen LogP contribution in [0.5, 0.6) is 0 Å². The Labute approximate surface area is 112 Å². The van der Waals surface area contributed by atoms with E-state index in [-0.39, 0.29) is 24.3 Å². The first-order chi connectivity index (χ1) is 9.08. The summed E-state index contributed by atoms with van der Waals surface area (Å²) < 4.78 is 0. The molecular formula is C14H19N3O2. The Balaban J connectivity index is 2.10. The van der Waals surface area contributed by atoms with Crippen LogP contribution in [0.2, 0.25) is 0 Å². The van der Waals surface area contributed by atoms with Crippen LogP contribution in [0.3, 0.4) is 0 Å². The molecule has 0 aliphatic heterocycles. The van der Waals surface area contributed by atoms with Gasteiger partial charge >= 0.3 is 0 Å². The van der Waals surface area contributed by atoms with Crippen LogP contribution < -0.4 is 16.8 Å². The minimum atomic E-state index is -0.417. The summed E-state index contributed by atoms with van der Waals surface area (Å²) in [5, 5.41) is 2.86. The summed E-state index contributed by atoms with van der Waals surface area (Å²) in [6.07, 6.45) is 2.82. The molecule has 2 amide bonds. The van der Waals surface area contributed by atoms with E-state index in [1.165, 1.54) is 0 Å². The molecule has 5 heteroatoms. The maximum atomic E-state index is 12.2. The van der Waals surface area contributed by atoms with Crippen LogP contribution in [-0.2, 0) is 16.0 Å². The number of hydrogen-bond acceptors (Lipinski definition) is 3. The fourth-order valence-electron chi connectivity index (χ4n) is 2.52. The van der Waals surface area contributed by atoms with E-state index >= 15 is 0 Å². The number of nitrogens with one attached hydrogen (secondary N) is 1. The lowest BCUT2D eigenvalue weighted by atomic mass is 10.0. The summed E-state index contributed by atoms with van der Waals surface area (Å²) in [5.41, 5.74) is 12.5. The van der Waals surface area contributed by atoms with Gasteiger partial charge in [0.2, 0.25) is 11.8 Å². The van der Waals surface area contributed by atoms with Gasteiger partial charge in [-0.2, -0.15) is 0 Å². The number of rotatable bonds is 4. The molecule has 0 radical (unpaired) electrons. The molecule has 1 fully saturated rings.